The lowest BCUT2D eigenvalue weighted by molar-refractivity contribution is -0.151. The molecule has 140 valence electrons. The number of pyridine rings is 1. The van der Waals surface area contributed by atoms with Crippen molar-refractivity contribution in [1.29, 1.82) is 0 Å². The zero-order valence-electron chi connectivity index (χ0n) is 16.0. The van der Waals surface area contributed by atoms with E-state index in [2.05, 4.69) is 29.8 Å². The molecule has 2 fully saturated rings. The summed E-state index contributed by atoms with van der Waals surface area (Å²) in [5.41, 5.74) is 2.85. The Morgan fingerprint density at radius 3 is 2.65 bits per heavy atom. The molecule has 3 heterocycles. The van der Waals surface area contributed by atoms with Crippen molar-refractivity contribution in [2.75, 3.05) is 13.1 Å². The van der Waals surface area contributed by atoms with Crippen molar-refractivity contribution >= 4 is 16.9 Å². The highest BCUT2D eigenvalue weighted by atomic mass is 16.3. The van der Waals surface area contributed by atoms with Crippen LogP contribution in [0.4, 0.5) is 0 Å². The number of aryl methyl sites for hydroxylation is 2. The van der Waals surface area contributed by atoms with E-state index in [-0.39, 0.29) is 11.8 Å². The van der Waals surface area contributed by atoms with Gasteiger partial charge < -0.3 is 14.6 Å². The fourth-order valence-electron chi connectivity index (χ4n) is 4.69. The summed E-state index contributed by atoms with van der Waals surface area (Å²) in [5.74, 6) is 0.870. The van der Waals surface area contributed by atoms with Crippen LogP contribution in [0.1, 0.15) is 43.9 Å². The zero-order valence-corrected chi connectivity index (χ0v) is 16.0. The van der Waals surface area contributed by atoms with Gasteiger partial charge in [0.1, 0.15) is 5.65 Å². The van der Waals surface area contributed by atoms with Gasteiger partial charge in [-0.15, -0.1) is 0 Å². The maximum atomic E-state index is 12.5. The smallest absolute Gasteiger partial charge is 0.225 e. The van der Waals surface area contributed by atoms with Crippen LogP contribution in [0.25, 0.3) is 11.0 Å². The van der Waals surface area contributed by atoms with Gasteiger partial charge in [-0.05, 0) is 69.6 Å². The van der Waals surface area contributed by atoms with Crippen LogP contribution in [0.15, 0.2) is 18.3 Å². The third kappa shape index (κ3) is 3.25. The Morgan fingerprint density at radius 1 is 1.31 bits per heavy atom. The molecule has 1 saturated carbocycles. The number of nitrogens with zero attached hydrogens (tertiary/aromatic N) is 3. The number of aromatic nitrogens is 2. The summed E-state index contributed by atoms with van der Waals surface area (Å²) < 4.78 is 2.10. The molecule has 5 nitrogen and oxygen atoms in total. The van der Waals surface area contributed by atoms with E-state index in [1.54, 1.807) is 0 Å². The second kappa shape index (κ2) is 6.38. The first-order chi connectivity index (χ1) is 12.3. The van der Waals surface area contributed by atoms with E-state index in [1.165, 1.54) is 10.9 Å². The number of likely N-dealkylation sites (tertiary alicyclic amines) is 1. The predicted molar refractivity (Wildman–Crippen MR) is 102 cm³/mol. The lowest BCUT2D eigenvalue weighted by Gasteiger charge is -2.43. The molecular formula is C21H29N3O2. The van der Waals surface area contributed by atoms with Crippen LogP contribution in [0.2, 0.25) is 0 Å². The molecule has 0 bridgehead atoms. The number of hydrogen-bond acceptors (Lipinski definition) is 3. The third-order valence-corrected chi connectivity index (χ3v) is 6.22. The zero-order chi connectivity index (χ0) is 18.5. The summed E-state index contributed by atoms with van der Waals surface area (Å²) in [5, 5.41) is 11.1. The minimum Gasteiger partial charge on any atom is -0.390 e. The number of carbonyl (C=O) groups is 1. The van der Waals surface area contributed by atoms with E-state index in [0.29, 0.717) is 18.8 Å². The van der Waals surface area contributed by atoms with E-state index in [9.17, 15) is 9.90 Å². The fourth-order valence-corrected chi connectivity index (χ4v) is 4.69. The van der Waals surface area contributed by atoms with E-state index >= 15 is 0 Å². The number of hydrogen-bond donors (Lipinski definition) is 1. The highest BCUT2D eigenvalue weighted by Gasteiger charge is 2.44. The van der Waals surface area contributed by atoms with Crippen molar-refractivity contribution in [1.82, 2.24) is 14.5 Å². The predicted octanol–water partition coefficient (Wildman–Crippen LogP) is 2.82. The molecular weight excluding hydrogens is 326 g/mol. The lowest BCUT2D eigenvalue weighted by atomic mass is 9.71. The summed E-state index contributed by atoms with van der Waals surface area (Å²) >= 11 is 0. The number of carbonyl (C=O) groups excluding carboxylic acids is 1. The average molecular weight is 355 g/mol. The van der Waals surface area contributed by atoms with Gasteiger partial charge in [0.15, 0.2) is 0 Å². The summed E-state index contributed by atoms with van der Waals surface area (Å²) in [6.45, 7) is 5.63. The Hall–Kier alpha value is -1.88. The topological polar surface area (TPSA) is 58.4 Å². The van der Waals surface area contributed by atoms with Crippen molar-refractivity contribution in [2.45, 2.75) is 51.6 Å². The molecule has 2 aromatic heterocycles. The van der Waals surface area contributed by atoms with Gasteiger partial charge in [0.2, 0.25) is 5.91 Å². The molecule has 1 N–H and O–H groups in total. The van der Waals surface area contributed by atoms with Crippen LogP contribution >= 0.6 is 0 Å². The molecule has 1 amide bonds. The van der Waals surface area contributed by atoms with E-state index in [1.807, 2.05) is 18.9 Å². The van der Waals surface area contributed by atoms with Gasteiger partial charge in [0, 0.05) is 43.3 Å². The standard InChI is InChI=1S/C21H29N3O2/c1-14-13-23(3)19-18(14)5-4-17(22-19)10-15-6-8-24(9-7-15)20(25)16-11-21(2,26)12-16/h4-5,13,15-16,26H,6-12H2,1-3H3. The Kier molecular flexibility index (Phi) is 4.30. The highest BCUT2D eigenvalue weighted by molar-refractivity contribution is 5.81. The molecule has 0 radical (unpaired) electrons. The normalized spacial score (nSPS) is 26.9. The molecule has 1 aliphatic heterocycles. The first-order valence-corrected chi connectivity index (χ1v) is 9.75. The van der Waals surface area contributed by atoms with Crippen molar-refractivity contribution in [3.63, 3.8) is 0 Å². The van der Waals surface area contributed by atoms with Crippen molar-refractivity contribution in [3.8, 4) is 0 Å². The number of fused-ring (bicyclic) bond motifs is 1. The van der Waals surface area contributed by atoms with E-state index in [0.717, 1.165) is 43.7 Å². The second-order valence-electron chi connectivity index (χ2n) is 8.67. The SMILES string of the molecule is Cc1cn(C)c2nc(CC3CCN(C(=O)C4CC(C)(O)C4)CC3)ccc12. The first kappa shape index (κ1) is 17.5. The maximum absolute atomic E-state index is 12.5. The fraction of sp³-hybridized carbons (Fsp3) is 0.619. The molecule has 1 saturated heterocycles. The molecule has 26 heavy (non-hydrogen) atoms. The molecule has 4 rings (SSSR count). The van der Waals surface area contributed by atoms with Gasteiger partial charge in [-0.2, -0.15) is 0 Å². The van der Waals surface area contributed by atoms with Gasteiger partial charge in [-0.1, -0.05) is 0 Å². The molecule has 1 aliphatic carbocycles. The van der Waals surface area contributed by atoms with Crippen molar-refractivity contribution in [2.24, 2.45) is 18.9 Å². The van der Waals surface area contributed by atoms with Crippen LogP contribution in [0.3, 0.4) is 0 Å². The van der Waals surface area contributed by atoms with Crippen LogP contribution in [0, 0.1) is 18.8 Å². The van der Waals surface area contributed by atoms with E-state index < -0.39 is 5.60 Å². The maximum Gasteiger partial charge on any atom is 0.225 e. The molecule has 0 aromatic carbocycles. The second-order valence-corrected chi connectivity index (χ2v) is 8.67. The minimum absolute atomic E-state index is 0.0335. The van der Waals surface area contributed by atoms with Crippen molar-refractivity contribution < 1.29 is 9.90 Å². The summed E-state index contributed by atoms with van der Waals surface area (Å²) in [6, 6.07) is 4.34. The molecule has 0 spiro atoms. The van der Waals surface area contributed by atoms with Crippen molar-refractivity contribution in [3.05, 3.63) is 29.6 Å². The number of amides is 1. The first-order valence-electron chi connectivity index (χ1n) is 9.75. The van der Waals surface area contributed by atoms with Gasteiger partial charge in [-0.3, -0.25) is 4.79 Å². The van der Waals surface area contributed by atoms with Crippen LogP contribution in [-0.2, 0) is 18.3 Å². The minimum atomic E-state index is -0.627. The highest BCUT2D eigenvalue weighted by Crippen LogP contribution is 2.39. The number of piperidine rings is 1. The number of aliphatic hydroxyl groups is 1. The molecule has 0 unspecified atom stereocenters. The Bertz CT molecular complexity index is 823. The van der Waals surface area contributed by atoms with Gasteiger partial charge in [-0.25, -0.2) is 4.98 Å². The average Bonchev–Trinajstić information content (AvgIpc) is 2.87. The summed E-state index contributed by atoms with van der Waals surface area (Å²) in [4.78, 5) is 19.4. The Morgan fingerprint density at radius 2 is 2.00 bits per heavy atom. The summed E-state index contributed by atoms with van der Waals surface area (Å²) in [6.07, 6.45) is 6.43. The molecule has 2 aromatic rings. The Balaban J connectivity index is 1.34. The van der Waals surface area contributed by atoms with Gasteiger partial charge in [0.25, 0.3) is 0 Å². The molecule has 5 heteroatoms. The number of rotatable bonds is 3. The largest absolute Gasteiger partial charge is 0.390 e. The van der Waals surface area contributed by atoms with Crippen LogP contribution in [-0.4, -0.2) is 44.2 Å². The third-order valence-electron chi connectivity index (χ3n) is 6.22. The quantitative estimate of drug-likeness (QED) is 0.921. The summed E-state index contributed by atoms with van der Waals surface area (Å²) in [7, 11) is 2.05. The van der Waals surface area contributed by atoms with Crippen LogP contribution in [0.5, 0.6) is 0 Å². The monoisotopic (exact) mass is 355 g/mol. The van der Waals surface area contributed by atoms with Gasteiger partial charge in [0.05, 0.1) is 5.60 Å². The molecule has 0 atom stereocenters. The lowest BCUT2D eigenvalue weighted by Crippen LogP contribution is -2.51. The Labute approximate surface area is 155 Å². The molecule has 2 aliphatic rings. The van der Waals surface area contributed by atoms with Crippen LogP contribution < -0.4 is 0 Å². The van der Waals surface area contributed by atoms with Gasteiger partial charge >= 0.3 is 0 Å². The van der Waals surface area contributed by atoms with E-state index in [4.69, 9.17) is 4.98 Å².